The van der Waals surface area contributed by atoms with E-state index in [0.717, 1.165) is 16.7 Å². The Labute approximate surface area is 217 Å². The molecule has 188 valence electrons. The molecule has 0 bridgehead atoms. The van der Waals surface area contributed by atoms with Crippen molar-refractivity contribution in [3.63, 3.8) is 0 Å². The van der Waals surface area contributed by atoms with Gasteiger partial charge in [0.2, 0.25) is 5.56 Å². The molecule has 4 aromatic rings. The molecule has 8 heteroatoms. The van der Waals surface area contributed by atoms with Gasteiger partial charge in [-0.2, -0.15) is 0 Å². The summed E-state index contributed by atoms with van der Waals surface area (Å²) in [5, 5.41) is 22.5. The molecule has 2 N–H and O–H groups in total. The molecule has 0 spiro atoms. The highest BCUT2D eigenvalue weighted by molar-refractivity contribution is 6.30. The van der Waals surface area contributed by atoms with Crippen molar-refractivity contribution in [2.24, 2.45) is 12.2 Å². The molecule has 0 aliphatic carbocycles. The maximum atomic E-state index is 15.1. The highest BCUT2D eigenvalue weighted by Crippen LogP contribution is 2.34. The van der Waals surface area contributed by atoms with Crippen LogP contribution in [0.25, 0.3) is 11.1 Å². The van der Waals surface area contributed by atoms with Crippen molar-refractivity contribution in [1.29, 1.82) is 0 Å². The van der Waals surface area contributed by atoms with Crippen LogP contribution in [-0.4, -0.2) is 26.6 Å². The van der Waals surface area contributed by atoms with Crippen molar-refractivity contribution in [1.82, 2.24) is 4.57 Å². The molecule has 0 unspecified atom stereocenters. The summed E-state index contributed by atoms with van der Waals surface area (Å²) >= 11 is 5.99. The first-order valence-corrected chi connectivity index (χ1v) is 11.9. The Balaban J connectivity index is 1.69. The fourth-order valence-electron chi connectivity index (χ4n) is 4.26. The van der Waals surface area contributed by atoms with Gasteiger partial charge in [-0.1, -0.05) is 71.4 Å². The van der Waals surface area contributed by atoms with E-state index in [9.17, 15) is 14.8 Å². The third-order valence-electron chi connectivity index (χ3n) is 6.23. The Morgan fingerprint density at radius 1 is 1.00 bits per heavy atom. The van der Waals surface area contributed by atoms with Crippen LogP contribution in [0.3, 0.4) is 0 Å². The van der Waals surface area contributed by atoms with E-state index in [-0.39, 0.29) is 23.4 Å². The smallest absolute Gasteiger partial charge is 0.307 e. The summed E-state index contributed by atoms with van der Waals surface area (Å²) in [5.74, 6) is -1.87. The van der Waals surface area contributed by atoms with E-state index in [1.165, 1.54) is 16.7 Å². The monoisotopic (exact) mass is 518 g/mol. The van der Waals surface area contributed by atoms with E-state index in [1.807, 2.05) is 36.4 Å². The van der Waals surface area contributed by atoms with Gasteiger partial charge in [0, 0.05) is 42.2 Å². The van der Waals surface area contributed by atoms with Gasteiger partial charge in [0.25, 0.3) is 0 Å². The van der Waals surface area contributed by atoms with E-state index >= 15 is 4.39 Å². The van der Waals surface area contributed by atoms with E-state index < -0.39 is 17.7 Å². The lowest BCUT2D eigenvalue weighted by molar-refractivity contribution is -0.136. The first-order chi connectivity index (χ1) is 17.7. The van der Waals surface area contributed by atoms with E-state index in [1.54, 1.807) is 43.6 Å². The zero-order chi connectivity index (χ0) is 26.5. The van der Waals surface area contributed by atoms with E-state index in [2.05, 4.69) is 5.16 Å². The highest BCUT2D eigenvalue weighted by atomic mass is 35.5. The van der Waals surface area contributed by atoms with Crippen LogP contribution in [0, 0.1) is 5.82 Å². The number of aliphatic carboxylic acids is 1. The molecule has 37 heavy (non-hydrogen) atoms. The number of benzene rings is 3. The second-order valence-corrected chi connectivity index (χ2v) is 9.16. The lowest BCUT2D eigenvalue weighted by atomic mass is 9.84. The minimum Gasteiger partial charge on any atom is -0.481 e. The van der Waals surface area contributed by atoms with Crippen LogP contribution >= 0.6 is 11.6 Å². The number of halogens is 2. The summed E-state index contributed by atoms with van der Waals surface area (Å²) in [6, 6.07) is 22.3. The second kappa shape index (κ2) is 11.2. The Bertz CT molecular complexity index is 1510. The van der Waals surface area contributed by atoms with Crippen molar-refractivity contribution in [3.8, 4) is 11.1 Å². The largest absolute Gasteiger partial charge is 0.481 e. The van der Waals surface area contributed by atoms with Gasteiger partial charge in [-0.3, -0.25) is 9.59 Å². The van der Waals surface area contributed by atoms with Gasteiger partial charge in [-0.05, 0) is 46.0 Å². The van der Waals surface area contributed by atoms with Crippen molar-refractivity contribution in [3.05, 3.63) is 129 Å². The normalized spacial score (nSPS) is 12.4. The number of oxime groups is 1. The first-order valence-electron chi connectivity index (χ1n) is 11.5. The molecule has 0 aliphatic heterocycles. The fraction of sp³-hybridized carbons (Fsp3) is 0.138. The van der Waals surface area contributed by atoms with Gasteiger partial charge in [-0.15, -0.1) is 0 Å². The number of carbonyl (C=O) groups is 1. The van der Waals surface area contributed by atoms with Crippen molar-refractivity contribution >= 4 is 23.3 Å². The van der Waals surface area contributed by atoms with Crippen LogP contribution in [0.15, 0.2) is 95.0 Å². The Kier molecular flexibility index (Phi) is 7.84. The number of carboxylic acids is 1. The number of aryl methyl sites for hydroxylation is 1. The van der Waals surface area contributed by atoms with Gasteiger partial charge in [0.1, 0.15) is 5.82 Å². The van der Waals surface area contributed by atoms with Crippen LogP contribution in [0.5, 0.6) is 0 Å². The molecule has 1 heterocycles. The number of carboxylic acid groups (broad SMARTS) is 1. The fourth-order valence-corrected chi connectivity index (χ4v) is 4.42. The van der Waals surface area contributed by atoms with Gasteiger partial charge < -0.3 is 14.9 Å². The molecule has 1 atom stereocenters. The summed E-state index contributed by atoms with van der Waals surface area (Å²) in [7, 11) is 1.60. The Morgan fingerprint density at radius 2 is 1.65 bits per heavy atom. The topological polar surface area (TPSA) is 91.9 Å². The summed E-state index contributed by atoms with van der Waals surface area (Å²) < 4.78 is 16.4. The maximum absolute atomic E-state index is 15.1. The highest BCUT2D eigenvalue weighted by Gasteiger charge is 2.22. The SMILES string of the molecule is Cn1cc(/C(C[C@@H](c2ccc(-c3ccc(CC(=O)O)cc3)cc2)c2ccc(Cl)cc2F)=N/O)ccc1=O. The standard InChI is InChI=1S/C29H24ClFN2O4/c1-33-17-22(10-13-28(33)34)27(32-37)16-25(24-12-11-23(30)15-26(24)31)21-8-6-20(7-9-21)19-4-2-18(3-5-19)14-29(35)36/h2-13,15,17,25,37H,14,16H2,1H3,(H,35,36)/b32-27+/t25-/m0/s1. The number of nitrogens with zero attached hydrogens (tertiary/aromatic N) is 2. The lowest BCUT2D eigenvalue weighted by Gasteiger charge is -2.20. The minimum absolute atomic E-state index is 0.0438. The molecule has 0 amide bonds. The molecule has 3 aromatic carbocycles. The molecule has 4 rings (SSSR count). The van der Waals surface area contributed by atoms with Crippen molar-refractivity contribution < 1.29 is 19.5 Å². The van der Waals surface area contributed by atoms with Crippen molar-refractivity contribution in [2.75, 3.05) is 0 Å². The lowest BCUT2D eigenvalue weighted by Crippen LogP contribution is -2.18. The molecular formula is C29H24ClFN2O4. The van der Waals surface area contributed by atoms with Gasteiger partial charge in [-0.25, -0.2) is 4.39 Å². The molecule has 0 radical (unpaired) electrons. The van der Waals surface area contributed by atoms with Crippen LogP contribution in [0.2, 0.25) is 5.02 Å². The quantitative estimate of drug-likeness (QED) is 0.173. The van der Waals surface area contributed by atoms with Gasteiger partial charge in [0.15, 0.2) is 0 Å². The molecule has 0 saturated carbocycles. The van der Waals surface area contributed by atoms with Gasteiger partial charge >= 0.3 is 5.97 Å². The van der Waals surface area contributed by atoms with Gasteiger partial charge in [0.05, 0.1) is 12.1 Å². The van der Waals surface area contributed by atoms with E-state index in [4.69, 9.17) is 16.7 Å². The summed E-state index contributed by atoms with van der Waals surface area (Å²) in [6.45, 7) is 0. The molecule has 1 aromatic heterocycles. The second-order valence-electron chi connectivity index (χ2n) is 8.73. The van der Waals surface area contributed by atoms with Crippen LogP contribution in [-0.2, 0) is 18.3 Å². The molecule has 6 nitrogen and oxygen atoms in total. The number of hydrogen-bond donors (Lipinski definition) is 2. The summed E-state index contributed by atoms with van der Waals surface area (Å²) in [5.41, 5.74) is 4.36. The number of rotatable bonds is 8. The number of hydrogen-bond acceptors (Lipinski definition) is 4. The average molecular weight is 519 g/mol. The van der Waals surface area contributed by atoms with Crippen LogP contribution in [0.1, 0.15) is 34.6 Å². The van der Waals surface area contributed by atoms with Crippen LogP contribution in [0.4, 0.5) is 4.39 Å². The zero-order valence-electron chi connectivity index (χ0n) is 19.9. The average Bonchev–Trinajstić information content (AvgIpc) is 2.87. The minimum atomic E-state index is -0.888. The predicted molar refractivity (Wildman–Crippen MR) is 141 cm³/mol. The third kappa shape index (κ3) is 6.13. The Morgan fingerprint density at radius 3 is 2.22 bits per heavy atom. The number of aromatic nitrogens is 1. The maximum Gasteiger partial charge on any atom is 0.307 e. The third-order valence-corrected chi connectivity index (χ3v) is 6.47. The molecule has 0 aliphatic rings. The first kappa shape index (κ1) is 25.9. The summed E-state index contributed by atoms with van der Waals surface area (Å²) in [4.78, 5) is 22.7. The van der Waals surface area contributed by atoms with Crippen LogP contribution < -0.4 is 5.56 Å². The molecular weight excluding hydrogens is 495 g/mol. The number of pyridine rings is 1. The Hall–Kier alpha value is -4.23. The summed E-state index contributed by atoms with van der Waals surface area (Å²) in [6.07, 6.45) is 1.69. The molecule has 0 saturated heterocycles. The van der Waals surface area contributed by atoms with Crippen molar-refractivity contribution in [2.45, 2.75) is 18.8 Å². The molecule has 0 fully saturated rings. The van der Waals surface area contributed by atoms with E-state index in [0.29, 0.717) is 22.4 Å². The zero-order valence-corrected chi connectivity index (χ0v) is 20.7. The predicted octanol–water partition coefficient (Wildman–Crippen LogP) is 5.87.